The van der Waals surface area contributed by atoms with E-state index in [1.165, 1.54) is 0 Å². The van der Waals surface area contributed by atoms with Crippen molar-refractivity contribution in [2.24, 2.45) is 0 Å². The molecule has 1 heterocycles. The summed E-state index contributed by atoms with van der Waals surface area (Å²) in [5, 5.41) is 0. The molecule has 0 spiro atoms. The van der Waals surface area contributed by atoms with E-state index >= 15 is 0 Å². The van der Waals surface area contributed by atoms with E-state index in [0.717, 1.165) is 10.0 Å². The Morgan fingerprint density at radius 1 is 0.889 bits per heavy atom. The van der Waals surface area contributed by atoms with Crippen LogP contribution in [0.3, 0.4) is 0 Å². The molecular weight excluding hydrogens is 296 g/mol. The summed E-state index contributed by atoms with van der Waals surface area (Å²) in [4.78, 5) is 23.2. The third-order valence-electron chi connectivity index (χ3n) is 2.81. The molecule has 0 unspecified atom stereocenters. The molecule has 0 N–H and O–H groups in total. The molecule has 0 fully saturated rings. The lowest BCUT2D eigenvalue weighted by atomic mass is 9.97. The number of carbonyl (C=O) groups excluding carboxylic acids is 2. The number of ether oxygens (including phenoxy) is 1. The average Bonchev–Trinajstić information content (AvgIpc) is 2.65. The van der Waals surface area contributed by atoms with Crippen molar-refractivity contribution in [2.75, 3.05) is 0 Å². The Kier molecular flexibility index (Phi) is 2.52. The molecule has 0 amide bonds. The maximum absolute atomic E-state index is 11.7. The van der Waals surface area contributed by atoms with Crippen molar-refractivity contribution in [3.8, 4) is 11.1 Å². The number of esters is 2. The molecule has 0 bridgehead atoms. The van der Waals surface area contributed by atoms with Crippen molar-refractivity contribution in [3.63, 3.8) is 0 Å². The van der Waals surface area contributed by atoms with Crippen molar-refractivity contribution < 1.29 is 14.3 Å². The summed E-state index contributed by atoms with van der Waals surface area (Å²) in [6, 6.07) is 12.7. The molecular formula is C14H7BrO3. The van der Waals surface area contributed by atoms with Crippen LogP contribution < -0.4 is 0 Å². The van der Waals surface area contributed by atoms with Crippen LogP contribution in [0.15, 0.2) is 46.9 Å². The summed E-state index contributed by atoms with van der Waals surface area (Å²) in [6.45, 7) is 0. The monoisotopic (exact) mass is 302 g/mol. The first-order valence-electron chi connectivity index (χ1n) is 5.32. The highest BCUT2D eigenvalue weighted by atomic mass is 79.9. The van der Waals surface area contributed by atoms with Gasteiger partial charge in [-0.15, -0.1) is 0 Å². The van der Waals surface area contributed by atoms with E-state index in [1.54, 1.807) is 18.2 Å². The van der Waals surface area contributed by atoms with Crippen molar-refractivity contribution in [3.05, 3.63) is 58.1 Å². The molecule has 1 aliphatic rings. The van der Waals surface area contributed by atoms with E-state index in [9.17, 15) is 9.59 Å². The molecule has 0 saturated heterocycles. The third kappa shape index (κ3) is 1.66. The summed E-state index contributed by atoms with van der Waals surface area (Å²) in [5.74, 6) is -1.16. The first-order valence-corrected chi connectivity index (χ1v) is 6.11. The van der Waals surface area contributed by atoms with E-state index in [2.05, 4.69) is 20.7 Å². The van der Waals surface area contributed by atoms with Gasteiger partial charge in [-0.1, -0.05) is 40.2 Å². The molecule has 3 rings (SSSR count). The summed E-state index contributed by atoms with van der Waals surface area (Å²) < 4.78 is 5.55. The van der Waals surface area contributed by atoms with E-state index in [0.29, 0.717) is 16.7 Å². The van der Waals surface area contributed by atoms with Gasteiger partial charge in [-0.2, -0.15) is 0 Å². The fourth-order valence-electron chi connectivity index (χ4n) is 2.03. The van der Waals surface area contributed by atoms with Crippen LogP contribution in [0.5, 0.6) is 0 Å². The molecule has 2 aromatic carbocycles. The Hall–Kier alpha value is -1.94. The average molecular weight is 303 g/mol. The lowest BCUT2D eigenvalue weighted by Crippen LogP contribution is -1.98. The number of carbonyl (C=O) groups is 2. The third-order valence-corrected chi connectivity index (χ3v) is 3.30. The second-order valence-electron chi connectivity index (χ2n) is 3.92. The van der Waals surface area contributed by atoms with Crippen LogP contribution in [0.2, 0.25) is 0 Å². The topological polar surface area (TPSA) is 43.4 Å². The normalized spacial score (nSPS) is 13.4. The fourth-order valence-corrected chi connectivity index (χ4v) is 2.43. The molecule has 0 atom stereocenters. The smallest absolute Gasteiger partial charge is 0.347 e. The molecule has 0 aromatic heterocycles. The largest absolute Gasteiger partial charge is 0.386 e. The highest BCUT2D eigenvalue weighted by Gasteiger charge is 2.32. The van der Waals surface area contributed by atoms with Gasteiger partial charge in [0.1, 0.15) is 0 Å². The highest BCUT2D eigenvalue weighted by molar-refractivity contribution is 9.10. The van der Waals surface area contributed by atoms with Crippen molar-refractivity contribution in [2.45, 2.75) is 0 Å². The van der Waals surface area contributed by atoms with Gasteiger partial charge in [0, 0.05) is 4.47 Å². The van der Waals surface area contributed by atoms with Gasteiger partial charge in [-0.3, -0.25) is 0 Å². The number of cyclic esters (lactones) is 2. The van der Waals surface area contributed by atoms with Crippen LogP contribution in [0.4, 0.5) is 0 Å². The SMILES string of the molecule is O=C1OC(=O)c2c1cccc2-c1cccc(Br)c1. The highest BCUT2D eigenvalue weighted by Crippen LogP contribution is 2.32. The molecule has 18 heavy (non-hydrogen) atoms. The quantitative estimate of drug-likeness (QED) is 0.599. The summed E-state index contributed by atoms with van der Waals surface area (Å²) >= 11 is 3.38. The number of benzene rings is 2. The minimum Gasteiger partial charge on any atom is -0.386 e. The second kappa shape index (κ2) is 4.07. The molecule has 3 nitrogen and oxygen atoms in total. The number of fused-ring (bicyclic) bond motifs is 1. The summed E-state index contributed by atoms with van der Waals surface area (Å²) in [6.07, 6.45) is 0. The Morgan fingerprint density at radius 3 is 2.39 bits per heavy atom. The molecule has 1 aliphatic heterocycles. The van der Waals surface area contributed by atoms with E-state index in [1.807, 2.05) is 24.3 Å². The van der Waals surface area contributed by atoms with E-state index < -0.39 is 11.9 Å². The number of hydrogen-bond donors (Lipinski definition) is 0. The van der Waals surface area contributed by atoms with Gasteiger partial charge in [0.2, 0.25) is 0 Å². The minimum absolute atomic E-state index is 0.331. The first kappa shape index (κ1) is 11.2. The van der Waals surface area contributed by atoms with Crippen LogP contribution >= 0.6 is 15.9 Å². The van der Waals surface area contributed by atoms with Gasteiger partial charge in [0.05, 0.1) is 11.1 Å². The Morgan fingerprint density at radius 2 is 1.61 bits per heavy atom. The molecule has 2 aromatic rings. The Balaban J connectivity index is 2.26. The lowest BCUT2D eigenvalue weighted by molar-refractivity contribution is 0.0444. The second-order valence-corrected chi connectivity index (χ2v) is 4.83. The number of rotatable bonds is 1. The van der Waals surface area contributed by atoms with E-state index in [-0.39, 0.29) is 0 Å². The molecule has 0 aliphatic carbocycles. The number of hydrogen-bond acceptors (Lipinski definition) is 3. The van der Waals surface area contributed by atoms with Crippen LogP contribution in [-0.2, 0) is 4.74 Å². The number of halogens is 1. The van der Waals surface area contributed by atoms with Crippen LogP contribution in [0.25, 0.3) is 11.1 Å². The zero-order valence-electron chi connectivity index (χ0n) is 9.14. The van der Waals surface area contributed by atoms with Crippen molar-refractivity contribution in [1.29, 1.82) is 0 Å². The lowest BCUT2D eigenvalue weighted by Gasteiger charge is -2.05. The molecule has 88 valence electrons. The van der Waals surface area contributed by atoms with Gasteiger partial charge in [0.15, 0.2) is 0 Å². The molecule has 0 saturated carbocycles. The molecule has 0 radical (unpaired) electrons. The van der Waals surface area contributed by atoms with Gasteiger partial charge in [-0.05, 0) is 29.3 Å². The molecule has 4 heteroatoms. The Bertz CT molecular complexity index is 676. The first-order chi connectivity index (χ1) is 8.66. The van der Waals surface area contributed by atoms with Crippen LogP contribution in [0, 0.1) is 0 Å². The van der Waals surface area contributed by atoms with Crippen molar-refractivity contribution >= 4 is 27.9 Å². The van der Waals surface area contributed by atoms with Crippen LogP contribution in [-0.4, -0.2) is 11.9 Å². The van der Waals surface area contributed by atoms with Gasteiger partial charge >= 0.3 is 11.9 Å². The van der Waals surface area contributed by atoms with Gasteiger partial charge in [0.25, 0.3) is 0 Å². The summed E-state index contributed by atoms with van der Waals surface area (Å²) in [5.41, 5.74) is 2.26. The van der Waals surface area contributed by atoms with Gasteiger partial charge in [-0.25, -0.2) is 9.59 Å². The summed E-state index contributed by atoms with van der Waals surface area (Å²) in [7, 11) is 0. The zero-order chi connectivity index (χ0) is 12.7. The zero-order valence-corrected chi connectivity index (χ0v) is 10.7. The predicted molar refractivity (Wildman–Crippen MR) is 69.3 cm³/mol. The Labute approximate surface area is 112 Å². The standard InChI is InChI=1S/C14H7BrO3/c15-9-4-1-3-8(7-9)10-5-2-6-11-12(10)14(17)18-13(11)16/h1-7H. The predicted octanol–water partition coefficient (Wildman–Crippen LogP) is 3.43. The van der Waals surface area contributed by atoms with E-state index in [4.69, 9.17) is 0 Å². The fraction of sp³-hybridized carbons (Fsp3) is 0. The minimum atomic E-state index is -0.578. The van der Waals surface area contributed by atoms with Crippen LogP contribution in [0.1, 0.15) is 20.7 Å². The van der Waals surface area contributed by atoms with Gasteiger partial charge < -0.3 is 4.74 Å². The van der Waals surface area contributed by atoms with Crippen molar-refractivity contribution in [1.82, 2.24) is 0 Å². The maximum Gasteiger partial charge on any atom is 0.347 e. The maximum atomic E-state index is 11.7.